The molecule has 0 radical (unpaired) electrons. The summed E-state index contributed by atoms with van der Waals surface area (Å²) in [7, 11) is 1.53. The molecule has 0 unspecified atom stereocenters. The number of carbonyl (C=O) groups is 1. The fraction of sp³-hybridized carbons (Fsp3) is 0.562. The number of likely N-dealkylation sites (tertiary alicyclic amines) is 1. The number of carbonyl (C=O) groups excluding carboxylic acids is 1. The Kier molecular flexibility index (Phi) is 5.87. The van der Waals surface area contributed by atoms with Crippen molar-refractivity contribution in [3.8, 4) is 11.5 Å². The van der Waals surface area contributed by atoms with Crippen molar-refractivity contribution >= 4 is 5.91 Å². The normalized spacial score (nSPS) is 15.0. The molecule has 1 aromatic rings. The van der Waals surface area contributed by atoms with Gasteiger partial charge in [0.2, 0.25) is 5.91 Å². The number of hydrogen-bond acceptors (Lipinski definition) is 4. The van der Waals surface area contributed by atoms with E-state index < -0.39 is 0 Å². The van der Waals surface area contributed by atoms with Crippen LogP contribution < -0.4 is 10.1 Å². The van der Waals surface area contributed by atoms with Gasteiger partial charge in [-0.3, -0.25) is 4.79 Å². The molecule has 0 saturated carbocycles. The van der Waals surface area contributed by atoms with E-state index in [1.165, 1.54) is 13.5 Å². The first-order valence-electron chi connectivity index (χ1n) is 7.55. The average molecular weight is 292 g/mol. The van der Waals surface area contributed by atoms with Gasteiger partial charge in [-0.25, -0.2) is 0 Å². The summed E-state index contributed by atoms with van der Waals surface area (Å²) in [6.45, 7) is 3.10. The Hall–Kier alpha value is -1.75. The lowest BCUT2D eigenvalue weighted by Gasteiger charge is -2.26. The number of phenols is 1. The number of methoxy groups -OCH3 is 1. The number of rotatable bonds is 6. The van der Waals surface area contributed by atoms with Crippen molar-refractivity contribution in [1.29, 1.82) is 0 Å². The molecule has 1 aromatic carbocycles. The summed E-state index contributed by atoms with van der Waals surface area (Å²) >= 11 is 0. The number of hydrogen-bond donors (Lipinski definition) is 2. The van der Waals surface area contributed by atoms with Crippen molar-refractivity contribution in [2.75, 3.05) is 26.7 Å². The summed E-state index contributed by atoms with van der Waals surface area (Å²) < 4.78 is 5.00. The lowest BCUT2D eigenvalue weighted by molar-refractivity contribution is -0.131. The third-order valence-corrected chi connectivity index (χ3v) is 3.80. The van der Waals surface area contributed by atoms with Gasteiger partial charge in [-0.2, -0.15) is 0 Å². The number of phenolic OH excluding ortho intramolecular Hbond substituents is 1. The van der Waals surface area contributed by atoms with E-state index in [4.69, 9.17) is 4.74 Å². The van der Waals surface area contributed by atoms with Crippen LogP contribution in [0.2, 0.25) is 0 Å². The molecule has 0 spiro atoms. The molecule has 21 heavy (non-hydrogen) atoms. The summed E-state index contributed by atoms with van der Waals surface area (Å²) in [5.74, 6) is 0.847. The number of nitrogens with zero attached hydrogens (tertiary/aromatic N) is 1. The highest BCUT2D eigenvalue weighted by atomic mass is 16.5. The largest absolute Gasteiger partial charge is 0.504 e. The summed E-state index contributed by atoms with van der Waals surface area (Å²) in [6, 6.07) is 5.32. The van der Waals surface area contributed by atoms with Crippen LogP contribution >= 0.6 is 0 Å². The van der Waals surface area contributed by atoms with Gasteiger partial charge in [-0.05, 0) is 37.0 Å². The number of nitrogens with one attached hydrogen (secondary N) is 1. The third-order valence-electron chi connectivity index (χ3n) is 3.80. The number of aromatic hydroxyl groups is 1. The van der Waals surface area contributed by atoms with E-state index in [-0.39, 0.29) is 11.7 Å². The van der Waals surface area contributed by atoms with Gasteiger partial charge >= 0.3 is 0 Å². The molecule has 116 valence electrons. The van der Waals surface area contributed by atoms with Crippen LogP contribution in [0.1, 0.15) is 31.2 Å². The molecule has 1 aliphatic rings. The van der Waals surface area contributed by atoms with Gasteiger partial charge in [0.25, 0.3) is 0 Å². The van der Waals surface area contributed by atoms with Crippen LogP contribution in [0.3, 0.4) is 0 Å². The van der Waals surface area contributed by atoms with Gasteiger partial charge in [-0.15, -0.1) is 0 Å². The Bertz CT molecular complexity index is 471. The maximum absolute atomic E-state index is 12.0. The highest BCUT2D eigenvalue weighted by Gasteiger charge is 2.15. The second kappa shape index (κ2) is 7.88. The third kappa shape index (κ3) is 4.63. The Labute approximate surface area is 125 Å². The van der Waals surface area contributed by atoms with E-state index in [9.17, 15) is 9.90 Å². The zero-order valence-electron chi connectivity index (χ0n) is 12.6. The molecule has 5 heteroatoms. The number of ether oxygens (including phenoxy) is 1. The molecular formula is C16H24N2O3. The van der Waals surface area contributed by atoms with Crippen LogP contribution in [0.15, 0.2) is 18.2 Å². The Morgan fingerprint density at radius 3 is 2.76 bits per heavy atom. The smallest absolute Gasteiger partial charge is 0.223 e. The van der Waals surface area contributed by atoms with E-state index in [1.807, 2.05) is 11.0 Å². The van der Waals surface area contributed by atoms with E-state index in [2.05, 4.69) is 5.32 Å². The van der Waals surface area contributed by atoms with Crippen molar-refractivity contribution < 1.29 is 14.6 Å². The zero-order chi connectivity index (χ0) is 15.1. The van der Waals surface area contributed by atoms with Gasteiger partial charge in [0, 0.05) is 32.6 Å². The summed E-state index contributed by atoms with van der Waals surface area (Å²) in [5.41, 5.74) is 0.971. The summed E-state index contributed by atoms with van der Waals surface area (Å²) in [4.78, 5) is 13.9. The predicted molar refractivity (Wildman–Crippen MR) is 81.4 cm³/mol. The predicted octanol–water partition coefficient (Wildman–Crippen LogP) is 1.89. The molecule has 5 nitrogen and oxygen atoms in total. The number of benzene rings is 1. The second-order valence-electron chi connectivity index (χ2n) is 5.37. The fourth-order valence-corrected chi connectivity index (χ4v) is 2.57. The van der Waals surface area contributed by atoms with Crippen molar-refractivity contribution in [2.45, 2.75) is 32.2 Å². The van der Waals surface area contributed by atoms with E-state index in [0.29, 0.717) is 25.3 Å². The van der Waals surface area contributed by atoms with E-state index in [1.54, 1.807) is 12.1 Å². The van der Waals surface area contributed by atoms with E-state index in [0.717, 1.165) is 31.5 Å². The van der Waals surface area contributed by atoms with Crippen molar-refractivity contribution in [3.05, 3.63) is 23.8 Å². The topological polar surface area (TPSA) is 61.8 Å². The van der Waals surface area contributed by atoms with Gasteiger partial charge < -0.3 is 20.1 Å². The van der Waals surface area contributed by atoms with Crippen molar-refractivity contribution in [3.63, 3.8) is 0 Å². The highest BCUT2D eigenvalue weighted by molar-refractivity contribution is 5.76. The average Bonchev–Trinajstić information content (AvgIpc) is 2.52. The molecule has 1 heterocycles. The summed E-state index contributed by atoms with van der Waals surface area (Å²) in [5, 5.41) is 12.9. The highest BCUT2D eigenvalue weighted by Crippen LogP contribution is 2.25. The first-order valence-corrected chi connectivity index (χ1v) is 7.55. The Balaban J connectivity index is 1.69. The van der Waals surface area contributed by atoms with Gasteiger partial charge in [0.15, 0.2) is 11.5 Å². The first-order chi connectivity index (χ1) is 10.2. The maximum Gasteiger partial charge on any atom is 0.223 e. The van der Waals surface area contributed by atoms with Crippen LogP contribution in [-0.2, 0) is 11.3 Å². The molecule has 0 bridgehead atoms. The van der Waals surface area contributed by atoms with E-state index >= 15 is 0 Å². The second-order valence-corrected chi connectivity index (χ2v) is 5.37. The molecule has 2 N–H and O–H groups in total. The minimum Gasteiger partial charge on any atom is -0.504 e. The number of amides is 1. The van der Waals surface area contributed by atoms with Gasteiger partial charge in [0.05, 0.1) is 7.11 Å². The minimum absolute atomic E-state index is 0.140. The lowest BCUT2D eigenvalue weighted by atomic mass is 10.1. The molecule has 0 atom stereocenters. The Morgan fingerprint density at radius 2 is 2.10 bits per heavy atom. The van der Waals surface area contributed by atoms with Crippen LogP contribution in [0.4, 0.5) is 0 Å². The summed E-state index contributed by atoms with van der Waals surface area (Å²) in [6.07, 6.45) is 4.03. The maximum atomic E-state index is 12.0. The molecule has 1 fully saturated rings. The molecule has 0 aliphatic carbocycles. The zero-order valence-corrected chi connectivity index (χ0v) is 12.6. The quantitative estimate of drug-likeness (QED) is 0.786. The van der Waals surface area contributed by atoms with Crippen molar-refractivity contribution in [2.24, 2.45) is 0 Å². The van der Waals surface area contributed by atoms with Gasteiger partial charge in [-0.1, -0.05) is 6.07 Å². The van der Waals surface area contributed by atoms with Crippen LogP contribution in [0.25, 0.3) is 0 Å². The molecular weight excluding hydrogens is 268 g/mol. The molecule has 1 aliphatic heterocycles. The SMILES string of the molecule is COc1ccc(CNCCC(=O)N2CCCCC2)cc1O. The lowest BCUT2D eigenvalue weighted by Crippen LogP contribution is -2.37. The minimum atomic E-state index is 0.140. The number of piperidine rings is 1. The van der Waals surface area contributed by atoms with Crippen LogP contribution in [0.5, 0.6) is 11.5 Å². The molecule has 1 saturated heterocycles. The van der Waals surface area contributed by atoms with Gasteiger partial charge in [0.1, 0.15) is 0 Å². The fourth-order valence-electron chi connectivity index (χ4n) is 2.57. The molecule has 2 rings (SSSR count). The molecule has 0 aromatic heterocycles. The Morgan fingerprint density at radius 1 is 1.33 bits per heavy atom. The van der Waals surface area contributed by atoms with Crippen LogP contribution in [-0.4, -0.2) is 42.7 Å². The molecule has 1 amide bonds. The first kappa shape index (κ1) is 15.6. The van der Waals surface area contributed by atoms with Crippen LogP contribution in [0, 0.1) is 0 Å². The standard InChI is InChI=1S/C16H24N2O3/c1-21-15-6-5-13(11-14(15)19)12-17-8-7-16(20)18-9-3-2-4-10-18/h5-6,11,17,19H,2-4,7-10,12H2,1H3. The van der Waals surface area contributed by atoms with Crippen molar-refractivity contribution in [1.82, 2.24) is 10.2 Å². The monoisotopic (exact) mass is 292 g/mol.